The number of anilines is 1. The number of amides is 2. The monoisotopic (exact) mass is 519 g/mol. The molecule has 1 heterocycles. The number of hydrogen-bond donors (Lipinski definition) is 1. The number of nitrogens with one attached hydrogen (secondary N) is 1. The highest BCUT2D eigenvalue weighted by atomic mass is 32.2. The van der Waals surface area contributed by atoms with Crippen molar-refractivity contribution in [2.45, 2.75) is 51.6 Å². The largest absolute Gasteiger partial charge is 0.350 e. The highest BCUT2D eigenvalue weighted by Crippen LogP contribution is 2.27. The Morgan fingerprint density at radius 1 is 0.919 bits per heavy atom. The van der Waals surface area contributed by atoms with E-state index in [4.69, 9.17) is 0 Å². The van der Waals surface area contributed by atoms with Crippen molar-refractivity contribution in [3.05, 3.63) is 94.5 Å². The third-order valence-electron chi connectivity index (χ3n) is 6.57. The molecule has 2 amide bonds. The lowest BCUT2D eigenvalue weighted by Gasteiger charge is -2.26. The summed E-state index contributed by atoms with van der Waals surface area (Å²) < 4.78 is 28.4. The Morgan fingerprint density at radius 3 is 2.19 bits per heavy atom. The predicted molar refractivity (Wildman–Crippen MR) is 145 cm³/mol. The first-order chi connectivity index (χ1) is 17.6. The van der Waals surface area contributed by atoms with Crippen LogP contribution in [0.3, 0.4) is 0 Å². The van der Waals surface area contributed by atoms with Crippen LogP contribution in [0.15, 0.2) is 71.6 Å². The van der Waals surface area contributed by atoms with Crippen LogP contribution in [0.5, 0.6) is 0 Å². The first-order valence-electron chi connectivity index (χ1n) is 12.4. The lowest BCUT2D eigenvalue weighted by molar-refractivity contribution is -0.128. The average molecular weight is 520 g/mol. The van der Waals surface area contributed by atoms with Crippen molar-refractivity contribution < 1.29 is 18.0 Å². The molecule has 0 saturated carbocycles. The fourth-order valence-electron chi connectivity index (χ4n) is 4.46. The van der Waals surface area contributed by atoms with Gasteiger partial charge in [-0.05, 0) is 62.1 Å². The Bertz CT molecular complexity index is 1380. The zero-order valence-electron chi connectivity index (χ0n) is 21.5. The molecule has 0 radical (unpaired) electrons. The molecule has 3 aromatic carbocycles. The third kappa shape index (κ3) is 6.38. The third-order valence-corrected chi connectivity index (χ3v) is 8.35. The molecule has 4 rings (SSSR count). The molecule has 0 unspecified atom stereocenters. The quantitative estimate of drug-likeness (QED) is 0.458. The van der Waals surface area contributed by atoms with Crippen LogP contribution in [0.25, 0.3) is 0 Å². The van der Waals surface area contributed by atoms with Gasteiger partial charge in [-0.2, -0.15) is 0 Å². The Morgan fingerprint density at radius 2 is 1.57 bits per heavy atom. The summed E-state index contributed by atoms with van der Waals surface area (Å²) in [5.41, 5.74) is 5.14. The number of benzene rings is 3. The van der Waals surface area contributed by atoms with Crippen molar-refractivity contribution in [3.63, 3.8) is 0 Å². The van der Waals surface area contributed by atoms with Crippen LogP contribution < -0.4 is 9.62 Å². The second-order valence-electron chi connectivity index (χ2n) is 9.63. The van der Waals surface area contributed by atoms with E-state index in [-0.39, 0.29) is 23.9 Å². The normalized spacial score (nSPS) is 13.6. The second-order valence-corrected chi connectivity index (χ2v) is 11.5. The van der Waals surface area contributed by atoms with E-state index < -0.39 is 15.9 Å². The highest BCUT2D eigenvalue weighted by Gasteiger charge is 2.28. The topological polar surface area (TPSA) is 86.8 Å². The molecule has 1 N–H and O–H groups in total. The van der Waals surface area contributed by atoms with Gasteiger partial charge in [0.1, 0.15) is 6.54 Å². The first kappa shape index (κ1) is 26.4. The summed E-state index contributed by atoms with van der Waals surface area (Å²) in [6.45, 7) is 6.99. The van der Waals surface area contributed by atoms with Gasteiger partial charge in [0.15, 0.2) is 0 Å². The molecule has 0 aromatic heterocycles. The van der Waals surface area contributed by atoms with E-state index in [1.807, 2.05) is 62.1 Å². The van der Waals surface area contributed by atoms with Crippen molar-refractivity contribution in [1.29, 1.82) is 0 Å². The molecule has 1 fully saturated rings. The Labute approximate surface area is 219 Å². The molecular formula is C29H33N3O4S. The van der Waals surface area contributed by atoms with E-state index in [1.165, 1.54) is 4.31 Å². The van der Waals surface area contributed by atoms with Gasteiger partial charge >= 0.3 is 0 Å². The summed E-state index contributed by atoms with van der Waals surface area (Å²) in [4.78, 5) is 26.8. The van der Waals surface area contributed by atoms with Crippen molar-refractivity contribution in [2.75, 3.05) is 17.4 Å². The summed E-state index contributed by atoms with van der Waals surface area (Å²) in [6, 6.07) is 19.9. The van der Waals surface area contributed by atoms with E-state index in [0.717, 1.165) is 40.8 Å². The minimum atomic E-state index is -3.97. The van der Waals surface area contributed by atoms with Crippen LogP contribution in [0.1, 0.15) is 40.7 Å². The number of likely N-dealkylation sites (tertiary alicyclic amines) is 1. The van der Waals surface area contributed by atoms with Crippen LogP contribution >= 0.6 is 0 Å². The van der Waals surface area contributed by atoms with Gasteiger partial charge in [-0.15, -0.1) is 0 Å². The molecule has 8 heteroatoms. The molecule has 3 aromatic rings. The summed E-state index contributed by atoms with van der Waals surface area (Å²) in [5.74, 6) is -0.215. The van der Waals surface area contributed by atoms with Crippen LogP contribution in [-0.4, -0.2) is 38.2 Å². The average Bonchev–Trinajstić information content (AvgIpc) is 3.27. The number of sulfonamides is 1. The fourth-order valence-corrected chi connectivity index (χ4v) is 5.95. The van der Waals surface area contributed by atoms with Gasteiger partial charge < -0.3 is 10.2 Å². The maximum atomic E-state index is 13.6. The second kappa shape index (κ2) is 11.2. The van der Waals surface area contributed by atoms with E-state index in [9.17, 15) is 18.0 Å². The number of aryl methyl sites for hydroxylation is 3. The SMILES string of the molecule is Cc1ccc(S(=O)(=O)N(CC(=O)NCc2ccc(CN3CCCC3=O)cc2)c2ccc(C)cc2C)cc1. The summed E-state index contributed by atoms with van der Waals surface area (Å²) in [6.07, 6.45) is 1.52. The molecule has 1 saturated heterocycles. The Balaban J connectivity index is 1.47. The van der Waals surface area contributed by atoms with Crippen LogP contribution in [0, 0.1) is 20.8 Å². The first-order valence-corrected chi connectivity index (χ1v) is 13.9. The zero-order valence-corrected chi connectivity index (χ0v) is 22.3. The summed E-state index contributed by atoms with van der Waals surface area (Å²) >= 11 is 0. The lowest BCUT2D eigenvalue weighted by Crippen LogP contribution is -2.41. The van der Waals surface area contributed by atoms with Crippen molar-refractivity contribution in [2.24, 2.45) is 0 Å². The number of hydrogen-bond acceptors (Lipinski definition) is 4. The molecule has 0 aliphatic carbocycles. The van der Waals surface area contributed by atoms with E-state index in [1.54, 1.807) is 30.3 Å². The smallest absolute Gasteiger partial charge is 0.264 e. The number of carbonyl (C=O) groups is 2. The van der Waals surface area contributed by atoms with Crippen LogP contribution in [0.4, 0.5) is 5.69 Å². The summed E-state index contributed by atoms with van der Waals surface area (Å²) in [7, 11) is -3.97. The van der Waals surface area contributed by atoms with Crippen molar-refractivity contribution >= 4 is 27.5 Å². The molecular weight excluding hydrogens is 486 g/mol. The van der Waals surface area contributed by atoms with Gasteiger partial charge in [0, 0.05) is 26.1 Å². The van der Waals surface area contributed by atoms with Gasteiger partial charge in [0.25, 0.3) is 10.0 Å². The van der Waals surface area contributed by atoms with E-state index in [2.05, 4.69) is 5.32 Å². The van der Waals surface area contributed by atoms with Gasteiger partial charge in [-0.25, -0.2) is 8.42 Å². The van der Waals surface area contributed by atoms with Crippen LogP contribution in [-0.2, 0) is 32.7 Å². The van der Waals surface area contributed by atoms with E-state index >= 15 is 0 Å². The minimum absolute atomic E-state index is 0.137. The fraction of sp³-hybridized carbons (Fsp3) is 0.310. The van der Waals surface area contributed by atoms with E-state index in [0.29, 0.717) is 18.7 Å². The van der Waals surface area contributed by atoms with Gasteiger partial charge in [0.2, 0.25) is 11.8 Å². The predicted octanol–water partition coefficient (Wildman–Crippen LogP) is 4.25. The lowest BCUT2D eigenvalue weighted by atomic mass is 10.1. The molecule has 0 spiro atoms. The molecule has 194 valence electrons. The molecule has 1 aliphatic heterocycles. The number of rotatable bonds is 9. The van der Waals surface area contributed by atoms with Gasteiger partial charge in [-0.3, -0.25) is 13.9 Å². The molecule has 0 atom stereocenters. The van der Waals surface area contributed by atoms with Gasteiger partial charge in [-0.1, -0.05) is 59.7 Å². The van der Waals surface area contributed by atoms with Gasteiger partial charge in [0.05, 0.1) is 10.6 Å². The standard InChI is InChI=1S/C29H33N3O4S/c1-21-6-13-26(14-7-21)37(35,36)32(27-15-8-22(2)17-23(27)3)20-28(33)30-18-24-9-11-25(12-10-24)19-31-16-4-5-29(31)34/h6-15,17H,4-5,16,18-20H2,1-3H3,(H,30,33). The van der Waals surface area contributed by atoms with Crippen molar-refractivity contribution in [1.82, 2.24) is 10.2 Å². The number of carbonyl (C=O) groups excluding carboxylic acids is 2. The number of nitrogens with zero attached hydrogens (tertiary/aromatic N) is 2. The molecule has 7 nitrogen and oxygen atoms in total. The molecule has 0 bridgehead atoms. The van der Waals surface area contributed by atoms with Crippen LogP contribution in [0.2, 0.25) is 0 Å². The van der Waals surface area contributed by atoms with Crippen molar-refractivity contribution in [3.8, 4) is 0 Å². The molecule has 37 heavy (non-hydrogen) atoms. The highest BCUT2D eigenvalue weighted by molar-refractivity contribution is 7.92. The zero-order chi connectivity index (χ0) is 26.6. The maximum absolute atomic E-state index is 13.6. The Kier molecular flexibility index (Phi) is 7.97. The minimum Gasteiger partial charge on any atom is -0.350 e. The Hall–Kier alpha value is -3.65. The maximum Gasteiger partial charge on any atom is 0.264 e. The molecule has 1 aliphatic rings. The summed E-state index contributed by atoms with van der Waals surface area (Å²) in [5, 5.41) is 2.85.